The minimum absolute atomic E-state index is 0.134. The van der Waals surface area contributed by atoms with Crippen LogP contribution in [0, 0.1) is 19.7 Å². The van der Waals surface area contributed by atoms with E-state index in [1.54, 1.807) is 25.1 Å². The summed E-state index contributed by atoms with van der Waals surface area (Å²) >= 11 is 0. The highest BCUT2D eigenvalue weighted by atomic mass is 19.1. The van der Waals surface area contributed by atoms with Crippen molar-refractivity contribution < 1.29 is 19.1 Å². The molecule has 194 valence electrons. The zero-order valence-electron chi connectivity index (χ0n) is 21.9. The van der Waals surface area contributed by atoms with E-state index in [9.17, 15) is 14.0 Å². The number of halogens is 1. The van der Waals surface area contributed by atoms with Gasteiger partial charge >= 0.3 is 5.97 Å². The highest BCUT2D eigenvalue weighted by Crippen LogP contribution is 2.29. The molecule has 2 N–H and O–H groups in total. The van der Waals surface area contributed by atoms with Crippen molar-refractivity contribution in [2.45, 2.75) is 46.3 Å². The lowest BCUT2D eigenvalue weighted by atomic mass is 9.95. The van der Waals surface area contributed by atoms with Crippen LogP contribution >= 0.6 is 0 Å². The van der Waals surface area contributed by atoms with Gasteiger partial charge in [0, 0.05) is 37.1 Å². The number of rotatable bonds is 5. The molecule has 1 atom stereocenters. The Kier molecular flexibility index (Phi) is 7.32. The Morgan fingerprint density at radius 3 is 2.51 bits per heavy atom. The molecule has 2 aromatic rings. The summed E-state index contributed by atoms with van der Waals surface area (Å²) in [4.78, 5) is 33.4. The number of hydrogen-bond donors (Lipinski definition) is 2. The van der Waals surface area contributed by atoms with Crippen molar-refractivity contribution in [3.8, 4) is 0 Å². The summed E-state index contributed by atoms with van der Waals surface area (Å²) in [6.45, 7) is 11.3. The van der Waals surface area contributed by atoms with E-state index in [2.05, 4.69) is 15.2 Å². The fourth-order valence-corrected chi connectivity index (χ4v) is 4.98. The van der Waals surface area contributed by atoms with Crippen molar-refractivity contribution >= 4 is 17.4 Å². The lowest BCUT2D eigenvalue weighted by Gasteiger charge is -2.49. The number of amides is 1. The number of allylic oxidation sites excluding steroid dienone is 1. The number of aliphatic carboxylic acids is 1. The van der Waals surface area contributed by atoms with Gasteiger partial charge in [-0.05, 0) is 75.6 Å². The first-order chi connectivity index (χ1) is 17.5. The molecule has 0 aliphatic carbocycles. The molecule has 3 heterocycles. The van der Waals surface area contributed by atoms with E-state index in [1.165, 1.54) is 12.3 Å². The van der Waals surface area contributed by atoms with Crippen LogP contribution in [0.4, 0.5) is 4.39 Å². The summed E-state index contributed by atoms with van der Waals surface area (Å²) in [7, 11) is 0. The molecule has 0 bridgehead atoms. The number of benzene rings is 1. The Bertz CT molecular complexity index is 1330. The van der Waals surface area contributed by atoms with Crippen molar-refractivity contribution in [3.63, 3.8) is 0 Å². The molecule has 1 fully saturated rings. The smallest absolute Gasteiger partial charge is 0.337 e. The standard InChI is InChI=1S/C29H33FN4O3/c1-6-22(20-8-7-18(2)24(30)15-20)23-10-11-25(32-19(23)3)27(35)34-14-13-33(17-29(34,4)5)26-12-9-21(16-31-26)28(36)37/h6-12,15-16,26,31H,13-14,17H2,1-5H3,(H,36,37)/b22-6-. The molecule has 1 amide bonds. The van der Waals surface area contributed by atoms with Gasteiger partial charge in [0.2, 0.25) is 0 Å². The Morgan fingerprint density at radius 2 is 1.95 bits per heavy atom. The summed E-state index contributed by atoms with van der Waals surface area (Å²) in [5.41, 5.74) is 3.90. The SMILES string of the molecule is C/C=C(/c1ccc(C)c(F)c1)c1ccc(C(=O)N2CCN(C3C=CC(C(=O)O)=CN3)CC2(C)C)nc1C. The van der Waals surface area contributed by atoms with Gasteiger partial charge in [0.1, 0.15) is 11.5 Å². The molecular formula is C29H33FN4O3. The second-order valence-electron chi connectivity index (χ2n) is 10.1. The van der Waals surface area contributed by atoms with Crippen LogP contribution in [0.15, 0.2) is 60.3 Å². The lowest BCUT2D eigenvalue weighted by Crippen LogP contribution is -2.64. The van der Waals surface area contributed by atoms with Gasteiger partial charge in [-0.25, -0.2) is 14.2 Å². The highest BCUT2D eigenvalue weighted by molar-refractivity contribution is 5.94. The zero-order valence-corrected chi connectivity index (χ0v) is 21.9. The van der Waals surface area contributed by atoms with Crippen molar-refractivity contribution in [2.24, 2.45) is 0 Å². The second-order valence-corrected chi connectivity index (χ2v) is 10.1. The van der Waals surface area contributed by atoms with Crippen LogP contribution in [0.2, 0.25) is 0 Å². The van der Waals surface area contributed by atoms with Crippen molar-refractivity contribution in [3.05, 3.63) is 94.2 Å². The Hall–Kier alpha value is -3.78. The number of hydrogen-bond acceptors (Lipinski definition) is 5. The van der Waals surface area contributed by atoms with E-state index >= 15 is 0 Å². The van der Waals surface area contributed by atoms with E-state index in [-0.39, 0.29) is 23.5 Å². The normalized spacial score (nSPS) is 19.8. The molecule has 7 nitrogen and oxygen atoms in total. The van der Waals surface area contributed by atoms with Gasteiger partial charge in [0.15, 0.2) is 0 Å². The minimum Gasteiger partial charge on any atom is -0.478 e. The number of carbonyl (C=O) groups excluding carboxylic acids is 1. The lowest BCUT2D eigenvalue weighted by molar-refractivity contribution is -0.132. The predicted molar refractivity (Wildman–Crippen MR) is 141 cm³/mol. The number of aromatic nitrogens is 1. The van der Waals surface area contributed by atoms with Crippen molar-refractivity contribution in [1.82, 2.24) is 20.1 Å². The Morgan fingerprint density at radius 1 is 1.19 bits per heavy atom. The molecular weight excluding hydrogens is 471 g/mol. The van der Waals surface area contributed by atoms with E-state index in [0.717, 1.165) is 16.7 Å². The Balaban J connectivity index is 1.50. The average molecular weight is 505 g/mol. The van der Waals surface area contributed by atoms with Crippen LogP contribution in [0.25, 0.3) is 5.57 Å². The minimum atomic E-state index is -0.973. The van der Waals surface area contributed by atoms with Crippen LogP contribution in [0.1, 0.15) is 53.6 Å². The largest absolute Gasteiger partial charge is 0.478 e. The van der Waals surface area contributed by atoms with Gasteiger partial charge in [0.05, 0.1) is 17.3 Å². The molecule has 2 aliphatic rings. The molecule has 1 saturated heterocycles. The first kappa shape index (κ1) is 26.3. The van der Waals surface area contributed by atoms with Crippen molar-refractivity contribution in [2.75, 3.05) is 19.6 Å². The predicted octanol–water partition coefficient (Wildman–Crippen LogP) is 4.28. The molecule has 4 rings (SSSR count). The maximum absolute atomic E-state index is 14.2. The van der Waals surface area contributed by atoms with E-state index < -0.39 is 11.5 Å². The van der Waals surface area contributed by atoms with Crippen LogP contribution in [0.5, 0.6) is 0 Å². The first-order valence-electron chi connectivity index (χ1n) is 12.4. The van der Waals surface area contributed by atoms with Crippen LogP contribution in [-0.4, -0.2) is 63.1 Å². The van der Waals surface area contributed by atoms with Gasteiger partial charge in [0.25, 0.3) is 5.91 Å². The van der Waals surface area contributed by atoms with E-state index in [4.69, 9.17) is 5.11 Å². The van der Waals surface area contributed by atoms with Crippen molar-refractivity contribution in [1.29, 1.82) is 0 Å². The molecule has 1 aromatic carbocycles. The number of piperazine rings is 1. The number of nitrogens with zero attached hydrogens (tertiary/aromatic N) is 3. The zero-order chi connectivity index (χ0) is 26.9. The molecule has 0 saturated carbocycles. The third-order valence-corrected chi connectivity index (χ3v) is 7.05. The maximum atomic E-state index is 14.2. The average Bonchev–Trinajstić information content (AvgIpc) is 2.86. The summed E-state index contributed by atoms with van der Waals surface area (Å²) < 4.78 is 14.2. The number of nitrogens with one attached hydrogen (secondary N) is 1. The summed E-state index contributed by atoms with van der Waals surface area (Å²) in [6, 6.07) is 8.80. The number of carboxylic acid groups (broad SMARTS) is 1. The van der Waals surface area contributed by atoms with Crippen LogP contribution in [-0.2, 0) is 4.79 Å². The fourth-order valence-electron chi connectivity index (χ4n) is 4.98. The third-order valence-electron chi connectivity index (χ3n) is 7.05. The fraction of sp³-hybridized carbons (Fsp3) is 0.345. The molecule has 1 unspecified atom stereocenters. The molecule has 0 radical (unpaired) electrons. The summed E-state index contributed by atoms with van der Waals surface area (Å²) in [6.07, 6.45) is 6.74. The molecule has 37 heavy (non-hydrogen) atoms. The second kappa shape index (κ2) is 10.3. The Labute approximate surface area is 217 Å². The number of pyridine rings is 1. The van der Waals surface area contributed by atoms with E-state index in [1.807, 2.05) is 56.9 Å². The summed E-state index contributed by atoms with van der Waals surface area (Å²) in [5, 5.41) is 12.3. The van der Waals surface area contributed by atoms with Gasteiger partial charge in [-0.2, -0.15) is 0 Å². The number of aryl methyl sites for hydroxylation is 2. The quantitative estimate of drug-likeness (QED) is 0.632. The van der Waals surface area contributed by atoms with E-state index in [0.29, 0.717) is 36.6 Å². The maximum Gasteiger partial charge on any atom is 0.337 e. The molecule has 0 spiro atoms. The third kappa shape index (κ3) is 5.34. The number of carboxylic acids is 1. The topological polar surface area (TPSA) is 85.8 Å². The number of carbonyl (C=O) groups is 2. The number of dihydropyridines is 1. The molecule has 1 aromatic heterocycles. The van der Waals surface area contributed by atoms with Gasteiger partial charge < -0.3 is 15.3 Å². The monoisotopic (exact) mass is 504 g/mol. The van der Waals surface area contributed by atoms with Gasteiger partial charge in [-0.15, -0.1) is 0 Å². The first-order valence-corrected chi connectivity index (χ1v) is 12.4. The van der Waals surface area contributed by atoms with Gasteiger partial charge in [-0.1, -0.05) is 24.3 Å². The highest BCUT2D eigenvalue weighted by Gasteiger charge is 2.39. The van der Waals surface area contributed by atoms with Crippen LogP contribution < -0.4 is 5.32 Å². The summed E-state index contributed by atoms with van der Waals surface area (Å²) in [5.74, 6) is -1.37. The molecule has 2 aliphatic heterocycles. The van der Waals surface area contributed by atoms with Gasteiger partial charge in [-0.3, -0.25) is 9.69 Å². The molecule has 8 heteroatoms. The van der Waals surface area contributed by atoms with Crippen LogP contribution in [0.3, 0.4) is 0 Å².